The van der Waals surface area contributed by atoms with E-state index in [0.717, 1.165) is 12.0 Å². The number of non-ortho nitro benzene ring substituents is 1. The molecule has 0 unspecified atom stereocenters. The second kappa shape index (κ2) is 4.03. The highest BCUT2D eigenvalue weighted by atomic mass is 16.6. The molecular formula is C10H13NO2. The van der Waals surface area contributed by atoms with Gasteiger partial charge in [0, 0.05) is 12.1 Å². The summed E-state index contributed by atoms with van der Waals surface area (Å²) in [6.07, 6.45) is 1.05. The van der Waals surface area contributed by atoms with Crippen molar-refractivity contribution in [3.05, 3.63) is 39.9 Å². The van der Waals surface area contributed by atoms with E-state index in [4.69, 9.17) is 0 Å². The molecule has 70 valence electrons. The maximum atomic E-state index is 10.4. The fourth-order valence-electron chi connectivity index (χ4n) is 1.16. The minimum Gasteiger partial charge on any atom is -0.258 e. The highest BCUT2D eigenvalue weighted by Gasteiger charge is 2.06. The molecule has 0 radical (unpaired) electrons. The molecule has 1 aromatic rings. The SMILES string of the molecule is CC[C@@H](C)c1ccc([N+](=O)[O-])cc1. The van der Waals surface area contributed by atoms with Gasteiger partial charge in [0.25, 0.3) is 5.69 Å². The molecule has 0 saturated heterocycles. The van der Waals surface area contributed by atoms with Crippen LogP contribution >= 0.6 is 0 Å². The van der Waals surface area contributed by atoms with Crippen LogP contribution in [0, 0.1) is 10.1 Å². The molecule has 0 aliphatic carbocycles. The lowest BCUT2D eigenvalue weighted by Gasteiger charge is -2.07. The number of nitro benzene ring substituents is 1. The van der Waals surface area contributed by atoms with Gasteiger partial charge in [-0.05, 0) is 17.9 Å². The third-order valence-corrected chi connectivity index (χ3v) is 2.29. The number of hydrogen-bond acceptors (Lipinski definition) is 2. The fraction of sp³-hybridized carbons (Fsp3) is 0.400. The lowest BCUT2D eigenvalue weighted by Crippen LogP contribution is -1.92. The molecule has 0 spiro atoms. The standard InChI is InChI=1S/C10H13NO2/c1-3-8(2)9-4-6-10(7-5-9)11(12)13/h4-8H,3H2,1-2H3/t8-/m1/s1. The Labute approximate surface area is 77.5 Å². The lowest BCUT2D eigenvalue weighted by molar-refractivity contribution is -0.384. The van der Waals surface area contributed by atoms with E-state index in [2.05, 4.69) is 13.8 Å². The van der Waals surface area contributed by atoms with Crippen LogP contribution in [-0.4, -0.2) is 4.92 Å². The fourth-order valence-corrected chi connectivity index (χ4v) is 1.16. The Hall–Kier alpha value is -1.38. The van der Waals surface area contributed by atoms with E-state index in [1.807, 2.05) is 12.1 Å². The molecule has 0 N–H and O–H groups in total. The molecule has 13 heavy (non-hydrogen) atoms. The summed E-state index contributed by atoms with van der Waals surface area (Å²) in [6.45, 7) is 4.22. The first-order valence-electron chi connectivity index (χ1n) is 4.39. The maximum absolute atomic E-state index is 10.4. The van der Waals surface area contributed by atoms with Gasteiger partial charge in [-0.25, -0.2) is 0 Å². The quantitative estimate of drug-likeness (QED) is 0.528. The van der Waals surface area contributed by atoms with Gasteiger partial charge < -0.3 is 0 Å². The van der Waals surface area contributed by atoms with Gasteiger partial charge in [-0.1, -0.05) is 26.0 Å². The van der Waals surface area contributed by atoms with Crippen molar-refractivity contribution >= 4 is 5.69 Å². The van der Waals surface area contributed by atoms with Crippen molar-refractivity contribution in [2.75, 3.05) is 0 Å². The Morgan fingerprint density at radius 1 is 1.38 bits per heavy atom. The van der Waals surface area contributed by atoms with Gasteiger partial charge in [0.1, 0.15) is 0 Å². The summed E-state index contributed by atoms with van der Waals surface area (Å²) >= 11 is 0. The van der Waals surface area contributed by atoms with Gasteiger partial charge >= 0.3 is 0 Å². The maximum Gasteiger partial charge on any atom is 0.269 e. The first-order chi connectivity index (χ1) is 6.15. The van der Waals surface area contributed by atoms with Crippen LogP contribution in [0.25, 0.3) is 0 Å². The Balaban J connectivity index is 2.87. The van der Waals surface area contributed by atoms with Crippen LogP contribution in [0.2, 0.25) is 0 Å². The molecule has 0 aliphatic rings. The van der Waals surface area contributed by atoms with E-state index >= 15 is 0 Å². The molecule has 0 bridgehead atoms. The van der Waals surface area contributed by atoms with E-state index in [0.29, 0.717) is 5.92 Å². The number of hydrogen-bond donors (Lipinski definition) is 0. The lowest BCUT2D eigenvalue weighted by atomic mass is 9.99. The number of nitro groups is 1. The predicted octanol–water partition coefficient (Wildman–Crippen LogP) is 3.11. The molecule has 0 amide bonds. The third kappa shape index (κ3) is 2.28. The zero-order valence-electron chi connectivity index (χ0n) is 7.86. The zero-order chi connectivity index (χ0) is 9.84. The van der Waals surface area contributed by atoms with Gasteiger partial charge in [0.05, 0.1) is 4.92 Å². The molecule has 3 heteroatoms. The molecule has 0 aliphatic heterocycles. The summed E-state index contributed by atoms with van der Waals surface area (Å²) < 4.78 is 0. The Morgan fingerprint density at radius 3 is 2.31 bits per heavy atom. The van der Waals surface area contributed by atoms with Gasteiger partial charge in [-0.3, -0.25) is 10.1 Å². The third-order valence-electron chi connectivity index (χ3n) is 2.29. The molecule has 1 aromatic carbocycles. The largest absolute Gasteiger partial charge is 0.269 e. The monoisotopic (exact) mass is 179 g/mol. The van der Waals surface area contributed by atoms with Crippen molar-refractivity contribution < 1.29 is 4.92 Å². The van der Waals surface area contributed by atoms with Crippen molar-refractivity contribution in [3.63, 3.8) is 0 Å². The minimum absolute atomic E-state index is 0.159. The topological polar surface area (TPSA) is 43.1 Å². The molecule has 1 atom stereocenters. The van der Waals surface area contributed by atoms with E-state index in [9.17, 15) is 10.1 Å². The molecule has 0 aromatic heterocycles. The Kier molecular flexibility index (Phi) is 3.01. The molecule has 3 nitrogen and oxygen atoms in total. The highest BCUT2D eigenvalue weighted by Crippen LogP contribution is 2.21. The molecular weight excluding hydrogens is 166 g/mol. The summed E-state index contributed by atoms with van der Waals surface area (Å²) in [7, 11) is 0. The molecule has 0 fully saturated rings. The van der Waals surface area contributed by atoms with Gasteiger partial charge in [-0.15, -0.1) is 0 Å². The van der Waals surface area contributed by atoms with Crippen molar-refractivity contribution in [2.24, 2.45) is 0 Å². The summed E-state index contributed by atoms with van der Waals surface area (Å²) in [5.41, 5.74) is 1.32. The average Bonchev–Trinajstić information content (AvgIpc) is 2.17. The van der Waals surface area contributed by atoms with Gasteiger partial charge in [-0.2, -0.15) is 0 Å². The Morgan fingerprint density at radius 2 is 1.92 bits per heavy atom. The number of benzene rings is 1. The predicted molar refractivity (Wildman–Crippen MR) is 51.8 cm³/mol. The average molecular weight is 179 g/mol. The summed E-state index contributed by atoms with van der Waals surface area (Å²) in [5, 5.41) is 10.4. The van der Waals surface area contributed by atoms with Crippen LogP contribution in [0.3, 0.4) is 0 Å². The second-order valence-corrected chi connectivity index (χ2v) is 3.16. The van der Waals surface area contributed by atoms with E-state index < -0.39 is 0 Å². The summed E-state index contributed by atoms with van der Waals surface area (Å²) in [6, 6.07) is 6.77. The summed E-state index contributed by atoms with van der Waals surface area (Å²) in [5.74, 6) is 0.473. The van der Waals surface area contributed by atoms with Crippen LogP contribution in [-0.2, 0) is 0 Å². The summed E-state index contributed by atoms with van der Waals surface area (Å²) in [4.78, 5) is 9.98. The van der Waals surface area contributed by atoms with Crippen LogP contribution in [0.4, 0.5) is 5.69 Å². The minimum atomic E-state index is -0.375. The first kappa shape index (κ1) is 9.71. The zero-order valence-corrected chi connectivity index (χ0v) is 7.86. The van der Waals surface area contributed by atoms with Crippen molar-refractivity contribution in [1.82, 2.24) is 0 Å². The normalized spacial score (nSPS) is 12.5. The van der Waals surface area contributed by atoms with Gasteiger partial charge in [0.2, 0.25) is 0 Å². The van der Waals surface area contributed by atoms with Crippen molar-refractivity contribution in [3.8, 4) is 0 Å². The highest BCUT2D eigenvalue weighted by molar-refractivity contribution is 5.34. The number of rotatable bonds is 3. The van der Waals surface area contributed by atoms with Crippen molar-refractivity contribution in [1.29, 1.82) is 0 Å². The number of nitrogens with zero attached hydrogens (tertiary/aromatic N) is 1. The second-order valence-electron chi connectivity index (χ2n) is 3.16. The molecule has 1 rings (SSSR count). The van der Waals surface area contributed by atoms with Gasteiger partial charge in [0.15, 0.2) is 0 Å². The van der Waals surface area contributed by atoms with Crippen LogP contribution in [0.15, 0.2) is 24.3 Å². The van der Waals surface area contributed by atoms with E-state index in [-0.39, 0.29) is 10.6 Å². The molecule has 0 saturated carbocycles. The van der Waals surface area contributed by atoms with Crippen LogP contribution in [0.1, 0.15) is 31.7 Å². The van der Waals surface area contributed by atoms with E-state index in [1.54, 1.807) is 12.1 Å². The van der Waals surface area contributed by atoms with Crippen LogP contribution in [0.5, 0.6) is 0 Å². The first-order valence-corrected chi connectivity index (χ1v) is 4.39. The van der Waals surface area contributed by atoms with Crippen molar-refractivity contribution in [2.45, 2.75) is 26.2 Å². The smallest absolute Gasteiger partial charge is 0.258 e. The molecule has 0 heterocycles. The Bertz CT molecular complexity index is 292. The van der Waals surface area contributed by atoms with Crippen LogP contribution < -0.4 is 0 Å². The van der Waals surface area contributed by atoms with E-state index in [1.165, 1.54) is 0 Å².